The van der Waals surface area contributed by atoms with Crippen LogP contribution in [-0.2, 0) is 6.54 Å². The molecule has 1 unspecified atom stereocenters. The number of aromatic nitrogens is 2. The highest BCUT2D eigenvalue weighted by molar-refractivity contribution is 5.35. The van der Waals surface area contributed by atoms with E-state index in [1.165, 1.54) is 0 Å². The second-order valence-electron chi connectivity index (χ2n) is 4.00. The van der Waals surface area contributed by atoms with Crippen molar-refractivity contribution in [3.05, 3.63) is 12.3 Å². The van der Waals surface area contributed by atoms with Gasteiger partial charge in [0, 0.05) is 31.6 Å². The van der Waals surface area contributed by atoms with Crippen molar-refractivity contribution >= 4 is 5.82 Å². The van der Waals surface area contributed by atoms with Crippen LogP contribution < -0.4 is 5.32 Å². The molecule has 0 spiro atoms. The summed E-state index contributed by atoms with van der Waals surface area (Å²) >= 11 is 0. The van der Waals surface area contributed by atoms with Gasteiger partial charge < -0.3 is 10.2 Å². The number of fused-ring (bicyclic) bond motifs is 1. The quantitative estimate of drug-likeness (QED) is 0.775. The molecule has 0 aromatic carbocycles. The summed E-state index contributed by atoms with van der Waals surface area (Å²) in [6.45, 7) is 6.55. The fourth-order valence-electron chi connectivity index (χ4n) is 1.88. The fraction of sp³-hybridized carbons (Fsp3) is 0.700. The fourth-order valence-corrected chi connectivity index (χ4v) is 1.88. The third-order valence-electron chi connectivity index (χ3n) is 2.83. The van der Waals surface area contributed by atoms with Crippen LogP contribution in [0.25, 0.3) is 0 Å². The van der Waals surface area contributed by atoms with E-state index in [0.717, 1.165) is 32.0 Å². The standard InChI is InChI=1S/C10H18N4/c1-3-13(2)7-9-6-11-10-4-5-12-14(10)8-9/h4-5,9,11H,3,6-8H2,1-2H3. The van der Waals surface area contributed by atoms with Gasteiger partial charge in [-0.1, -0.05) is 6.92 Å². The summed E-state index contributed by atoms with van der Waals surface area (Å²) in [5, 5.41) is 7.67. The van der Waals surface area contributed by atoms with Crippen LogP contribution in [0.2, 0.25) is 0 Å². The predicted molar refractivity (Wildman–Crippen MR) is 57.4 cm³/mol. The minimum Gasteiger partial charge on any atom is -0.370 e. The van der Waals surface area contributed by atoms with Gasteiger partial charge in [0.1, 0.15) is 5.82 Å². The summed E-state index contributed by atoms with van der Waals surface area (Å²) in [5.74, 6) is 1.83. The Balaban J connectivity index is 1.94. The Hall–Kier alpha value is -1.03. The molecule has 78 valence electrons. The zero-order chi connectivity index (χ0) is 9.97. The van der Waals surface area contributed by atoms with Crippen molar-refractivity contribution in [1.29, 1.82) is 0 Å². The lowest BCUT2D eigenvalue weighted by atomic mass is 10.1. The van der Waals surface area contributed by atoms with Gasteiger partial charge in [-0.15, -0.1) is 0 Å². The lowest BCUT2D eigenvalue weighted by molar-refractivity contribution is 0.264. The largest absolute Gasteiger partial charge is 0.370 e. The Labute approximate surface area is 84.9 Å². The Morgan fingerprint density at radius 1 is 1.71 bits per heavy atom. The molecule has 1 N–H and O–H groups in total. The molecule has 0 saturated carbocycles. The first-order valence-corrected chi connectivity index (χ1v) is 5.24. The number of nitrogens with zero attached hydrogens (tertiary/aromatic N) is 3. The van der Waals surface area contributed by atoms with Crippen molar-refractivity contribution in [2.75, 3.05) is 32.0 Å². The van der Waals surface area contributed by atoms with Crippen LogP contribution in [0, 0.1) is 5.92 Å². The summed E-state index contributed by atoms with van der Waals surface area (Å²) in [4.78, 5) is 2.35. The summed E-state index contributed by atoms with van der Waals surface area (Å²) in [5.41, 5.74) is 0. The Morgan fingerprint density at radius 2 is 2.57 bits per heavy atom. The van der Waals surface area contributed by atoms with E-state index in [1.807, 2.05) is 12.3 Å². The zero-order valence-corrected chi connectivity index (χ0v) is 8.90. The minimum absolute atomic E-state index is 0.673. The monoisotopic (exact) mass is 194 g/mol. The molecule has 2 rings (SSSR count). The number of nitrogens with one attached hydrogen (secondary N) is 1. The van der Waals surface area contributed by atoms with Gasteiger partial charge in [0.2, 0.25) is 0 Å². The normalized spacial score (nSPS) is 20.6. The van der Waals surface area contributed by atoms with E-state index in [0.29, 0.717) is 5.92 Å². The first-order chi connectivity index (χ1) is 6.79. The van der Waals surface area contributed by atoms with Gasteiger partial charge in [-0.25, -0.2) is 4.68 Å². The molecule has 4 heteroatoms. The van der Waals surface area contributed by atoms with E-state index >= 15 is 0 Å². The lowest BCUT2D eigenvalue weighted by Crippen LogP contribution is -2.36. The molecule has 14 heavy (non-hydrogen) atoms. The van der Waals surface area contributed by atoms with Gasteiger partial charge in [0.15, 0.2) is 0 Å². The van der Waals surface area contributed by atoms with E-state index in [9.17, 15) is 0 Å². The van der Waals surface area contributed by atoms with E-state index in [2.05, 4.69) is 34.0 Å². The summed E-state index contributed by atoms with van der Waals surface area (Å²) < 4.78 is 2.05. The van der Waals surface area contributed by atoms with Gasteiger partial charge in [0.25, 0.3) is 0 Å². The first-order valence-electron chi connectivity index (χ1n) is 5.24. The van der Waals surface area contributed by atoms with Gasteiger partial charge in [0.05, 0.1) is 6.20 Å². The molecule has 0 amide bonds. The van der Waals surface area contributed by atoms with Gasteiger partial charge in [-0.05, 0) is 13.6 Å². The van der Waals surface area contributed by atoms with Crippen molar-refractivity contribution in [3.8, 4) is 0 Å². The topological polar surface area (TPSA) is 33.1 Å². The molecule has 1 atom stereocenters. The van der Waals surface area contributed by atoms with Gasteiger partial charge >= 0.3 is 0 Å². The molecule has 1 aromatic heterocycles. The molecule has 0 bridgehead atoms. The highest BCUT2D eigenvalue weighted by Gasteiger charge is 2.18. The molecular weight excluding hydrogens is 176 g/mol. The Morgan fingerprint density at radius 3 is 3.36 bits per heavy atom. The van der Waals surface area contributed by atoms with E-state index in [1.54, 1.807) is 0 Å². The number of hydrogen-bond acceptors (Lipinski definition) is 3. The second kappa shape index (κ2) is 4.00. The summed E-state index contributed by atoms with van der Waals surface area (Å²) in [6.07, 6.45) is 1.86. The Kier molecular flexibility index (Phi) is 2.72. The number of hydrogen-bond donors (Lipinski definition) is 1. The highest BCUT2D eigenvalue weighted by atomic mass is 15.3. The number of rotatable bonds is 3. The molecule has 0 saturated heterocycles. The molecule has 0 radical (unpaired) electrons. The van der Waals surface area contributed by atoms with E-state index < -0.39 is 0 Å². The third-order valence-corrected chi connectivity index (χ3v) is 2.83. The molecule has 2 heterocycles. The van der Waals surface area contributed by atoms with Crippen molar-refractivity contribution in [1.82, 2.24) is 14.7 Å². The molecule has 1 aliphatic rings. The summed E-state index contributed by atoms with van der Waals surface area (Å²) in [7, 11) is 2.17. The predicted octanol–water partition coefficient (Wildman–Crippen LogP) is 0.876. The van der Waals surface area contributed by atoms with Crippen molar-refractivity contribution in [2.45, 2.75) is 13.5 Å². The van der Waals surface area contributed by atoms with E-state index in [4.69, 9.17) is 0 Å². The van der Waals surface area contributed by atoms with E-state index in [-0.39, 0.29) is 0 Å². The lowest BCUT2D eigenvalue weighted by Gasteiger charge is -2.28. The zero-order valence-electron chi connectivity index (χ0n) is 8.90. The van der Waals surface area contributed by atoms with Crippen LogP contribution in [0.4, 0.5) is 5.82 Å². The van der Waals surface area contributed by atoms with Gasteiger partial charge in [-0.3, -0.25) is 0 Å². The maximum Gasteiger partial charge on any atom is 0.124 e. The maximum atomic E-state index is 4.28. The van der Waals surface area contributed by atoms with Crippen molar-refractivity contribution < 1.29 is 0 Å². The first kappa shape index (κ1) is 9.52. The number of anilines is 1. The van der Waals surface area contributed by atoms with Crippen LogP contribution >= 0.6 is 0 Å². The SMILES string of the molecule is CCN(C)CC1CNc2ccnn2C1. The molecular formula is C10H18N4. The van der Waals surface area contributed by atoms with Gasteiger partial charge in [-0.2, -0.15) is 5.10 Å². The average molecular weight is 194 g/mol. The van der Waals surface area contributed by atoms with Crippen LogP contribution in [0.3, 0.4) is 0 Å². The third kappa shape index (κ3) is 1.90. The average Bonchev–Trinajstić information content (AvgIpc) is 2.64. The molecule has 1 aromatic rings. The minimum atomic E-state index is 0.673. The smallest absolute Gasteiger partial charge is 0.124 e. The molecule has 0 aliphatic carbocycles. The maximum absolute atomic E-state index is 4.28. The van der Waals surface area contributed by atoms with Crippen LogP contribution in [0.1, 0.15) is 6.92 Å². The van der Waals surface area contributed by atoms with Crippen molar-refractivity contribution in [2.24, 2.45) is 5.92 Å². The van der Waals surface area contributed by atoms with Crippen molar-refractivity contribution in [3.63, 3.8) is 0 Å². The summed E-state index contributed by atoms with van der Waals surface area (Å²) in [6, 6.07) is 2.03. The van der Waals surface area contributed by atoms with Crippen LogP contribution in [-0.4, -0.2) is 41.4 Å². The highest BCUT2D eigenvalue weighted by Crippen LogP contribution is 2.16. The molecule has 4 nitrogen and oxygen atoms in total. The molecule has 1 aliphatic heterocycles. The van der Waals surface area contributed by atoms with Crippen LogP contribution in [0.5, 0.6) is 0 Å². The Bertz CT molecular complexity index is 294. The molecule has 0 fully saturated rings. The van der Waals surface area contributed by atoms with Crippen LogP contribution in [0.15, 0.2) is 12.3 Å². The second-order valence-corrected chi connectivity index (χ2v) is 4.00.